The second kappa shape index (κ2) is 8.89. The number of aryl methyl sites for hydroxylation is 1. The lowest BCUT2D eigenvalue weighted by molar-refractivity contribution is -0.385. The van der Waals surface area contributed by atoms with Gasteiger partial charge in [0.25, 0.3) is 5.69 Å². The number of rotatable bonds is 6. The zero-order valence-electron chi connectivity index (χ0n) is 17.0. The summed E-state index contributed by atoms with van der Waals surface area (Å²) >= 11 is 6.25. The van der Waals surface area contributed by atoms with Crippen LogP contribution >= 0.6 is 11.6 Å². The van der Waals surface area contributed by atoms with Crippen molar-refractivity contribution in [2.45, 2.75) is 31.6 Å². The van der Waals surface area contributed by atoms with E-state index in [0.717, 1.165) is 17.2 Å². The number of hydrogen-bond donors (Lipinski definition) is 1. The molecule has 1 saturated heterocycles. The fraction of sp³-hybridized carbons (Fsp3) is 0.400. The van der Waals surface area contributed by atoms with E-state index in [1.807, 2.05) is 20.8 Å². The Labute approximate surface area is 181 Å². The van der Waals surface area contributed by atoms with Crippen molar-refractivity contribution in [2.24, 2.45) is 0 Å². The lowest BCUT2D eigenvalue weighted by Crippen LogP contribution is -2.46. The monoisotopic (exact) mass is 453 g/mol. The molecule has 0 aromatic heterocycles. The molecule has 0 saturated carbocycles. The van der Waals surface area contributed by atoms with Crippen LogP contribution in [-0.2, 0) is 10.0 Å². The maximum atomic E-state index is 13.3. The molecule has 10 heteroatoms. The van der Waals surface area contributed by atoms with Gasteiger partial charge in [-0.25, -0.2) is 8.42 Å². The molecule has 1 fully saturated rings. The van der Waals surface area contributed by atoms with E-state index in [0.29, 0.717) is 23.9 Å². The van der Waals surface area contributed by atoms with Gasteiger partial charge in [0.05, 0.1) is 4.92 Å². The molecule has 0 aliphatic carbocycles. The summed E-state index contributed by atoms with van der Waals surface area (Å²) in [4.78, 5) is 10.4. The normalized spacial score (nSPS) is 15.4. The number of halogens is 1. The molecule has 1 aliphatic heterocycles. The predicted octanol–water partition coefficient (Wildman–Crippen LogP) is 4.07. The van der Waals surface area contributed by atoms with Crippen LogP contribution in [0.2, 0.25) is 5.02 Å². The fourth-order valence-corrected chi connectivity index (χ4v) is 5.00. The Balaban J connectivity index is 2.12. The first kappa shape index (κ1) is 22.5. The van der Waals surface area contributed by atoms with Crippen LogP contribution in [0, 0.1) is 17.0 Å². The van der Waals surface area contributed by atoms with Gasteiger partial charge in [0.15, 0.2) is 0 Å². The van der Waals surface area contributed by atoms with Gasteiger partial charge in [0.1, 0.15) is 16.4 Å². The first-order valence-electron chi connectivity index (χ1n) is 9.58. The average Bonchev–Trinajstić information content (AvgIpc) is 2.71. The van der Waals surface area contributed by atoms with E-state index in [9.17, 15) is 18.5 Å². The fourth-order valence-electron chi connectivity index (χ4n) is 3.25. The van der Waals surface area contributed by atoms with Gasteiger partial charge in [-0.05, 0) is 42.2 Å². The molecule has 2 aromatic carbocycles. The maximum Gasteiger partial charge on any atom is 0.271 e. The highest BCUT2D eigenvalue weighted by Gasteiger charge is 2.31. The van der Waals surface area contributed by atoms with Crippen LogP contribution in [-0.4, -0.2) is 43.8 Å². The van der Waals surface area contributed by atoms with Crippen LogP contribution in [0.3, 0.4) is 0 Å². The molecule has 0 bridgehead atoms. The largest absolute Gasteiger partial charge is 0.456 e. The van der Waals surface area contributed by atoms with E-state index in [-0.39, 0.29) is 35.3 Å². The van der Waals surface area contributed by atoms with Crippen molar-refractivity contribution in [1.29, 1.82) is 0 Å². The van der Waals surface area contributed by atoms with E-state index >= 15 is 0 Å². The van der Waals surface area contributed by atoms with Crippen LogP contribution in [0.25, 0.3) is 0 Å². The molecule has 2 aromatic rings. The first-order chi connectivity index (χ1) is 14.1. The lowest BCUT2D eigenvalue weighted by atomic mass is 10.0. The van der Waals surface area contributed by atoms with Crippen molar-refractivity contribution in [1.82, 2.24) is 9.62 Å². The summed E-state index contributed by atoms with van der Waals surface area (Å²) in [5.41, 5.74) is 1.28. The third-order valence-corrected chi connectivity index (χ3v) is 7.29. The molecule has 3 rings (SSSR count). The van der Waals surface area contributed by atoms with Crippen molar-refractivity contribution in [2.75, 3.05) is 26.2 Å². The van der Waals surface area contributed by atoms with Crippen LogP contribution in [0.5, 0.6) is 11.5 Å². The average molecular weight is 454 g/mol. The van der Waals surface area contributed by atoms with E-state index in [1.165, 1.54) is 16.4 Å². The number of benzene rings is 2. The van der Waals surface area contributed by atoms with Gasteiger partial charge in [-0.15, -0.1) is 0 Å². The van der Waals surface area contributed by atoms with Crippen molar-refractivity contribution >= 4 is 27.3 Å². The summed E-state index contributed by atoms with van der Waals surface area (Å²) in [5.74, 6) is 0.588. The molecule has 0 radical (unpaired) electrons. The van der Waals surface area contributed by atoms with E-state index in [2.05, 4.69) is 5.32 Å². The molecule has 30 heavy (non-hydrogen) atoms. The zero-order valence-corrected chi connectivity index (χ0v) is 18.6. The third-order valence-electron chi connectivity index (χ3n) is 4.96. The Morgan fingerprint density at radius 1 is 1.17 bits per heavy atom. The summed E-state index contributed by atoms with van der Waals surface area (Å²) in [6.45, 7) is 7.36. The standard InChI is InChI=1S/C20H24ClN3O5S/c1-13(2)16-12-17(21)14(3)10-19(16)29-18-5-4-15(24(25)26)11-20(18)30(27,28)23-8-6-22-7-9-23/h4-5,10-13,22H,6-9H2,1-3H3. The quantitative estimate of drug-likeness (QED) is 0.522. The molecule has 0 atom stereocenters. The zero-order chi connectivity index (χ0) is 22.1. The summed E-state index contributed by atoms with van der Waals surface area (Å²) in [6, 6.07) is 7.18. The molecule has 1 heterocycles. The van der Waals surface area contributed by atoms with Gasteiger partial charge >= 0.3 is 0 Å². The smallest absolute Gasteiger partial charge is 0.271 e. The Morgan fingerprint density at radius 3 is 2.43 bits per heavy atom. The molecule has 0 amide bonds. The van der Waals surface area contributed by atoms with Gasteiger partial charge in [0.2, 0.25) is 10.0 Å². The third kappa shape index (κ3) is 4.59. The van der Waals surface area contributed by atoms with E-state index in [4.69, 9.17) is 16.3 Å². The Hall–Kier alpha value is -2.20. The number of nitrogens with one attached hydrogen (secondary N) is 1. The van der Waals surface area contributed by atoms with Crippen LogP contribution in [0.15, 0.2) is 35.2 Å². The molecule has 0 unspecified atom stereocenters. The van der Waals surface area contributed by atoms with Crippen molar-refractivity contribution in [3.05, 3.63) is 56.6 Å². The molecule has 1 aliphatic rings. The molecular weight excluding hydrogens is 430 g/mol. The second-order valence-electron chi connectivity index (χ2n) is 7.44. The van der Waals surface area contributed by atoms with Gasteiger partial charge in [-0.3, -0.25) is 10.1 Å². The summed E-state index contributed by atoms with van der Waals surface area (Å²) < 4.78 is 33.9. The number of piperazine rings is 1. The van der Waals surface area contributed by atoms with Gasteiger partial charge in [-0.1, -0.05) is 25.4 Å². The Kier molecular flexibility index (Phi) is 6.66. The molecule has 1 N–H and O–H groups in total. The number of sulfonamides is 1. The number of nitrogens with zero attached hydrogens (tertiary/aromatic N) is 2. The van der Waals surface area contributed by atoms with E-state index in [1.54, 1.807) is 12.1 Å². The summed E-state index contributed by atoms with van der Waals surface area (Å²) in [6.07, 6.45) is 0. The Morgan fingerprint density at radius 2 is 1.83 bits per heavy atom. The lowest BCUT2D eigenvalue weighted by Gasteiger charge is -2.27. The van der Waals surface area contributed by atoms with Gasteiger partial charge < -0.3 is 10.1 Å². The number of nitro groups is 1. The minimum Gasteiger partial charge on any atom is -0.456 e. The highest BCUT2D eigenvalue weighted by Crippen LogP contribution is 2.38. The van der Waals surface area contributed by atoms with Crippen LogP contribution in [0.1, 0.15) is 30.9 Å². The maximum absolute atomic E-state index is 13.3. The predicted molar refractivity (Wildman–Crippen MR) is 115 cm³/mol. The van der Waals surface area contributed by atoms with Gasteiger partial charge in [-0.2, -0.15) is 4.31 Å². The number of ether oxygens (including phenoxy) is 1. The highest BCUT2D eigenvalue weighted by molar-refractivity contribution is 7.89. The topological polar surface area (TPSA) is 102 Å². The molecular formula is C20H24ClN3O5S. The Bertz CT molecular complexity index is 1070. The van der Waals surface area contributed by atoms with Crippen LogP contribution in [0.4, 0.5) is 5.69 Å². The number of non-ortho nitro benzene ring substituents is 1. The van der Waals surface area contributed by atoms with E-state index < -0.39 is 14.9 Å². The minimum atomic E-state index is -3.98. The molecule has 162 valence electrons. The minimum absolute atomic E-state index is 0.0442. The SMILES string of the molecule is Cc1cc(Oc2ccc([N+](=O)[O-])cc2S(=O)(=O)N2CCNCC2)c(C(C)C)cc1Cl. The summed E-state index contributed by atoms with van der Waals surface area (Å²) in [7, 11) is -3.98. The molecule has 0 spiro atoms. The number of nitro benzene ring substituents is 1. The van der Waals surface area contributed by atoms with Crippen molar-refractivity contribution in [3.63, 3.8) is 0 Å². The summed E-state index contributed by atoms with van der Waals surface area (Å²) in [5, 5.41) is 15.0. The number of hydrogen-bond acceptors (Lipinski definition) is 6. The van der Waals surface area contributed by atoms with Crippen molar-refractivity contribution < 1.29 is 18.1 Å². The second-order valence-corrected chi connectivity index (χ2v) is 9.75. The van der Waals surface area contributed by atoms with Gasteiger partial charge in [0, 0.05) is 43.3 Å². The van der Waals surface area contributed by atoms with Crippen LogP contribution < -0.4 is 10.1 Å². The highest BCUT2D eigenvalue weighted by atomic mass is 35.5. The molecule has 8 nitrogen and oxygen atoms in total. The first-order valence-corrected chi connectivity index (χ1v) is 11.4. The van der Waals surface area contributed by atoms with Crippen molar-refractivity contribution in [3.8, 4) is 11.5 Å².